The van der Waals surface area contributed by atoms with E-state index in [-0.39, 0.29) is 31.5 Å². The summed E-state index contributed by atoms with van der Waals surface area (Å²) in [5.74, 6) is -2.28. The number of nitrogens with one attached hydrogen (secondary N) is 3. The van der Waals surface area contributed by atoms with Gasteiger partial charge < -0.3 is 30.5 Å². The Kier molecular flexibility index (Phi) is 9.62. The minimum absolute atomic E-state index is 0.0749. The fourth-order valence-electron chi connectivity index (χ4n) is 4.32. The van der Waals surface area contributed by atoms with Crippen LogP contribution in [0.3, 0.4) is 0 Å². The lowest BCUT2D eigenvalue weighted by Crippen LogP contribution is -2.54. The summed E-state index contributed by atoms with van der Waals surface area (Å²) in [6.07, 6.45) is -0.847. The van der Waals surface area contributed by atoms with Crippen molar-refractivity contribution in [2.75, 3.05) is 26.9 Å². The number of aliphatic hydroxyl groups excluding tert-OH is 1. The van der Waals surface area contributed by atoms with Crippen molar-refractivity contribution in [3.63, 3.8) is 0 Å². The normalized spacial score (nSPS) is 13.6. The molecule has 0 saturated carbocycles. The maximum absolute atomic E-state index is 12.6. The van der Waals surface area contributed by atoms with E-state index in [2.05, 4.69) is 16.0 Å². The van der Waals surface area contributed by atoms with Crippen LogP contribution in [0, 0.1) is 5.92 Å². The van der Waals surface area contributed by atoms with Gasteiger partial charge >= 0.3 is 12.1 Å². The quantitative estimate of drug-likeness (QED) is 0.336. The van der Waals surface area contributed by atoms with Crippen LogP contribution in [0.4, 0.5) is 4.79 Å². The van der Waals surface area contributed by atoms with Gasteiger partial charge in [0.05, 0.1) is 7.11 Å². The highest BCUT2D eigenvalue weighted by Gasteiger charge is 2.30. The van der Waals surface area contributed by atoms with Crippen LogP contribution in [0.25, 0.3) is 11.1 Å². The van der Waals surface area contributed by atoms with Crippen LogP contribution in [-0.2, 0) is 23.9 Å². The summed E-state index contributed by atoms with van der Waals surface area (Å²) in [4.78, 5) is 49.3. The van der Waals surface area contributed by atoms with E-state index in [0.717, 1.165) is 22.3 Å². The molecule has 0 fully saturated rings. The zero-order valence-electron chi connectivity index (χ0n) is 21.2. The molecule has 198 valence electrons. The summed E-state index contributed by atoms with van der Waals surface area (Å²) < 4.78 is 10.1. The fourth-order valence-corrected chi connectivity index (χ4v) is 4.32. The van der Waals surface area contributed by atoms with Gasteiger partial charge in [0, 0.05) is 12.5 Å². The molecule has 3 rings (SSSR count). The molecule has 3 amide bonds. The molecular weight excluding hydrogens is 478 g/mol. The molecule has 0 saturated heterocycles. The molecule has 1 aliphatic rings. The van der Waals surface area contributed by atoms with Gasteiger partial charge in [-0.1, -0.05) is 62.4 Å². The van der Waals surface area contributed by atoms with Crippen molar-refractivity contribution >= 4 is 23.9 Å². The van der Waals surface area contributed by atoms with Crippen molar-refractivity contribution in [2.45, 2.75) is 38.3 Å². The molecule has 10 nitrogen and oxygen atoms in total. The molecule has 4 N–H and O–H groups in total. The Bertz CT molecular complexity index is 1090. The molecule has 2 atom stereocenters. The second-order valence-corrected chi connectivity index (χ2v) is 9.06. The third kappa shape index (κ3) is 6.85. The number of rotatable bonds is 11. The number of carbonyl (C=O) groups is 4. The van der Waals surface area contributed by atoms with E-state index in [0.29, 0.717) is 0 Å². The zero-order chi connectivity index (χ0) is 26.9. The van der Waals surface area contributed by atoms with Crippen molar-refractivity contribution in [1.29, 1.82) is 0 Å². The third-order valence-electron chi connectivity index (χ3n) is 6.23. The molecule has 2 aromatic carbocycles. The number of hydrogen-bond donors (Lipinski definition) is 4. The summed E-state index contributed by atoms with van der Waals surface area (Å²) in [5.41, 5.74) is 4.34. The number of fused-ring (bicyclic) bond motifs is 3. The van der Waals surface area contributed by atoms with Gasteiger partial charge in [0.15, 0.2) is 0 Å². The van der Waals surface area contributed by atoms with Crippen LogP contribution in [0.15, 0.2) is 48.5 Å². The Hall–Kier alpha value is -3.92. The summed E-state index contributed by atoms with van der Waals surface area (Å²) in [5, 5.41) is 16.7. The number of carbonyl (C=O) groups excluding carboxylic acids is 4. The first-order valence-corrected chi connectivity index (χ1v) is 12.1. The van der Waals surface area contributed by atoms with Gasteiger partial charge in [-0.05, 0) is 34.6 Å². The van der Waals surface area contributed by atoms with Gasteiger partial charge in [0.2, 0.25) is 11.8 Å². The lowest BCUT2D eigenvalue weighted by atomic mass is 9.98. The fraction of sp³-hybridized carbons (Fsp3) is 0.407. The number of benzene rings is 2. The first-order valence-electron chi connectivity index (χ1n) is 12.1. The van der Waals surface area contributed by atoms with Gasteiger partial charge in [-0.15, -0.1) is 0 Å². The van der Waals surface area contributed by atoms with E-state index < -0.39 is 42.5 Å². The highest BCUT2D eigenvalue weighted by molar-refractivity contribution is 5.92. The molecular formula is C27H33N3O7. The van der Waals surface area contributed by atoms with Crippen molar-refractivity contribution < 1.29 is 33.8 Å². The van der Waals surface area contributed by atoms with Gasteiger partial charge in [-0.2, -0.15) is 0 Å². The second-order valence-electron chi connectivity index (χ2n) is 9.06. The highest BCUT2D eigenvalue weighted by atomic mass is 16.5. The van der Waals surface area contributed by atoms with Crippen LogP contribution in [0.2, 0.25) is 0 Å². The largest absolute Gasteiger partial charge is 0.467 e. The van der Waals surface area contributed by atoms with E-state index in [9.17, 15) is 24.3 Å². The Balaban J connectivity index is 1.52. The Morgan fingerprint density at radius 2 is 1.54 bits per heavy atom. The van der Waals surface area contributed by atoms with Crippen LogP contribution in [-0.4, -0.2) is 67.9 Å². The van der Waals surface area contributed by atoms with Gasteiger partial charge in [0.25, 0.3) is 0 Å². The van der Waals surface area contributed by atoms with E-state index in [4.69, 9.17) is 9.47 Å². The number of amides is 3. The minimum Gasteiger partial charge on any atom is -0.467 e. The average molecular weight is 512 g/mol. The standard InChI is InChI=1S/C27H33N3O7/c1-16(2)24(26(34)36-3)30-25(33)22(12-13-31)29-23(32)14-28-27(35)37-15-21-19-10-6-4-8-17(19)18-9-5-7-11-20(18)21/h4-11,16,21-22,24,31H,12-15H2,1-3H3,(H,28,35)(H,29,32)(H,30,33)/t22-,24-/m0/s1. The summed E-state index contributed by atoms with van der Waals surface area (Å²) >= 11 is 0. The first kappa shape index (κ1) is 27.7. The highest BCUT2D eigenvalue weighted by Crippen LogP contribution is 2.44. The maximum atomic E-state index is 12.6. The molecule has 1 aliphatic carbocycles. The SMILES string of the molecule is COC(=O)[C@@H](NC(=O)[C@H](CCO)NC(=O)CNC(=O)OCC1c2ccccc2-c2ccccc21)C(C)C. The molecule has 2 aromatic rings. The topological polar surface area (TPSA) is 143 Å². The number of aliphatic hydroxyl groups is 1. The summed E-state index contributed by atoms with van der Waals surface area (Å²) in [6, 6.07) is 13.9. The monoisotopic (exact) mass is 511 g/mol. The molecule has 0 radical (unpaired) electrons. The van der Waals surface area contributed by atoms with Crippen molar-refractivity contribution in [3.05, 3.63) is 59.7 Å². The van der Waals surface area contributed by atoms with E-state index in [1.54, 1.807) is 13.8 Å². The van der Waals surface area contributed by atoms with Crippen LogP contribution in [0.5, 0.6) is 0 Å². The van der Waals surface area contributed by atoms with Crippen molar-refractivity contribution in [1.82, 2.24) is 16.0 Å². The predicted molar refractivity (Wildman–Crippen MR) is 135 cm³/mol. The molecule has 0 aromatic heterocycles. The second kappa shape index (κ2) is 12.9. The number of alkyl carbamates (subject to hydrolysis) is 1. The van der Waals surface area contributed by atoms with E-state index in [1.807, 2.05) is 48.5 Å². The molecule has 0 bridgehead atoms. The zero-order valence-corrected chi connectivity index (χ0v) is 21.2. The molecule has 0 aliphatic heterocycles. The van der Waals surface area contributed by atoms with E-state index >= 15 is 0 Å². The lowest BCUT2D eigenvalue weighted by Gasteiger charge is -2.24. The number of methoxy groups -OCH3 is 1. The maximum Gasteiger partial charge on any atom is 0.407 e. The molecule has 10 heteroatoms. The van der Waals surface area contributed by atoms with Crippen molar-refractivity contribution in [3.8, 4) is 11.1 Å². The van der Waals surface area contributed by atoms with Gasteiger partial charge in [-0.25, -0.2) is 9.59 Å². The van der Waals surface area contributed by atoms with Crippen LogP contribution in [0.1, 0.15) is 37.3 Å². The summed E-state index contributed by atoms with van der Waals surface area (Å²) in [6.45, 7) is 2.76. The van der Waals surface area contributed by atoms with Gasteiger partial charge in [0.1, 0.15) is 25.2 Å². The van der Waals surface area contributed by atoms with Crippen LogP contribution < -0.4 is 16.0 Å². The molecule has 0 heterocycles. The van der Waals surface area contributed by atoms with E-state index in [1.165, 1.54) is 7.11 Å². The van der Waals surface area contributed by atoms with Crippen LogP contribution >= 0.6 is 0 Å². The number of ether oxygens (including phenoxy) is 2. The smallest absolute Gasteiger partial charge is 0.407 e. The molecule has 0 spiro atoms. The minimum atomic E-state index is -1.10. The Labute approximate surface area is 215 Å². The number of esters is 1. The molecule has 0 unspecified atom stereocenters. The Morgan fingerprint density at radius 3 is 2.08 bits per heavy atom. The third-order valence-corrected chi connectivity index (χ3v) is 6.23. The Morgan fingerprint density at radius 1 is 0.946 bits per heavy atom. The summed E-state index contributed by atoms with van der Waals surface area (Å²) in [7, 11) is 1.21. The van der Waals surface area contributed by atoms with Gasteiger partial charge in [-0.3, -0.25) is 9.59 Å². The molecule has 37 heavy (non-hydrogen) atoms. The average Bonchev–Trinajstić information content (AvgIpc) is 3.22. The first-order chi connectivity index (χ1) is 17.8. The lowest BCUT2D eigenvalue weighted by molar-refractivity contribution is -0.146. The predicted octanol–water partition coefficient (Wildman–Crippen LogP) is 1.71. The van der Waals surface area contributed by atoms with Crippen molar-refractivity contribution in [2.24, 2.45) is 5.92 Å². The number of hydrogen-bond acceptors (Lipinski definition) is 7.